The number of methoxy groups -OCH3 is 1. The van der Waals surface area contributed by atoms with E-state index < -0.39 is 6.67 Å². The number of nitrogens with zero attached hydrogens (tertiary/aromatic N) is 3. The summed E-state index contributed by atoms with van der Waals surface area (Å²) >= 11 is 0. The van der Waals surface area contributed by atoms with Gasteiger partial charge in [-0.25, -0.2) is 14.4 Å². The third kappa shape index (κ3) is 3.16. The number of carbonyl (C=O) groups excluding carboxylic acids is 1. The van der Waals surface area contributed by atoms with E-state index in [0.717, 1.165) is 0 Å². The maximum Gasteiger partial charge on any atom is 0.325 e. The predicted molar refractivity (Wildman–Crippen MR) is 52.1 cm³/mol. The van der Waals surface area contributed by atoms with Gasteiger partial charge in [0, 0.05) is 13.1 Å². The average Bonchev–Trinajstić information content (AvgIpc) is 2.28. The molecule has 5 nitrogen and oxygen atoms in total. The molecule has 0 atom stereocenters. The highest BCUT2D eigenvalue weighted by Gasteiger charge is 2.09. The normalized spacial score (nSPS) is 9.80. The van der Waals surface area contributed by atoms with Crippen molar-refractivity contribution in [2.75, 3.05) is 25.6 Å². The van der Waals surface area contributed by atoms with Crippen LogP contribution >= 0.6 is 0 Å². The summed E-state index contributed by atoms with van der Waals surface area (Å²) in [5, 5.41) is 0. The first-order valence-corrected chi connectivity index (χ1v) is 4.32. The number of esters is 1. The van der Waals surface area contributed by atoms with Crippen molar-refractivity contribution in [2.45, 2.75) is 6.67 Å². The Morgan fingerprint density at radius 3 is 2.93 bits per heavy atom. The summed E-state index contributed by atoms with van der Waals surface area (Å²) in [6.45, 7) is -0.583. The first-order chi connectivity index (χ1) is 7.17. The number of likely N-dealkylation sites (N-methyl/N-ethyl adjacent to an activating group) is 1. The number of halogens is 1. The molecule has 0 saturated carbocycles. The molecular formula is C9H12FN3O2. The molecule has 0 radical (unpaired) electrons. The van der Waals surface area contributed by atoms with Gasteiger partial charge in [0.25, 0.3) is 0 Å². The molecule has 0 saturated heterocycles. The van der Waals surface area contributed by atoms with Crippen LogP contribution in [0.1, 0.15) is 5.69 Å². The molecule has 0 amide bonds. The quantitative estimate of drug-likeness (QED) is 0.684. The van der Waals surface area contributed by atoms with Gasteiger partial charge in [0.05, 0.1) is 12.8 Å². The molecule has 0 bridgehead atoms. The van der Waals surface area contributed by atoms with Gasteiger partial charge in [-0.15, -0.1) is 0 Å². The minimum atomic E-state index is -0.651. The third-order valence-corrected chi connectivity index (χ3v) is 1.83. The summed E-state index contributed by atoms with van der Waals surface area (Å²) in [5.74, 6) is 0.112. The van der Waals surface area contributed by atoms with Gasteiger partial charge in [0.1, 0.15) is 25.4 Å². The van der Waals surface area contributed by atoms with Gasteiger partial charge in [-0.3, -0.25) is 4.79 Å². The van der Waals surface area contributed by atoms with Crippen molar-refractivity contribution in [2.24, 2.45) is 0 Å². The van der Waals surface area contributed by atoms with Crippen molar-refractivity contribution in [1.82, 2.24) is 9.97 Å². The van der Waals surface area contributed by atoms with Crippen LogP contribution in [-0.4, -0.2) is 36.6 Å². The summed E-state index contributed by atoms with van der Waals surface area (Å²) in [7, 11) is 2.98. The van der Waals surface area contributed by atoms with Gasteiger partial charge in [-0.2, -0.15) is 0 Å². The van der Waals surface area contributed by atoms with Crippen LogP contribution in [0, 0.1) is 0 Å². The summed E-state index contributed by atoms with van der Waals surface area (Å²) in [4.78, 5) is 20.2. The Hall–Kier alpha value is -1.72. The van der Waals surface area contributed by atoms with E-state index in [0.29, 0.717) is 5.82 Å². The fourth-order valence-corrected chi connectivity index (χ4v) is 1.01. The van der Waals surface area contributed by atoms with Crippen molar-refractivity contribution < 1.29 is 13.9 Å². The second kappa shape index (κ2) is 5.23. The van der Waals surface area contributed by atoms with Crippen LogP contribution in [0.5, 0.6) is 0 Å². The van der Waals surface area contributed by atoms with Crippen molar-refractivity contribution in [3.05, 3.63) is 18.1 Å². The van der Waals surface area contributed by atoms with E-state index in [1.165, 1.54) is 19.5 Å². The number of carbonyl (C=O) groups is 1. The second-order valence-electron chi connectivity index (χ2n) is 2.93. The summed E-state index contributed by atoms with van der Waals surface area (Å²) in [6, 6.07) is 1.49. The Bertz CT molecular complexity index is 346. The molecule has 0 spiro atoms. The van der Waals surface area contributed by atoms with Crippen LogP contribution in [0.4, 0.5) is 10.2 Å². The number of aromatic nitrogens is 2. The zero-order chi connectivity index (χ0) is 11.3. The molecule has 0 aliphatic rings. The maximum atomic E-state index is 12.3. The zero-order valence-electron chi connectivity index (χ0n) is 8.61. The number of ether oxygens (including phenoxy) is 1. The molecule has 0 N–H and O–H groups in total. The zero-order valence-corrected chi connectivity index (χ0v) is 8.61. The number of hydrogen-bond donors (Lipinski definition) is 0. The first kappa shape index (κ1) is 11.4. The molecule has 0 aliphatic carbocycles. The first-order valence-electron chi connectivity index (χ1n) is 4.32. The van der Waals surface area contributed by atoms with E-state index in [2.05, 4.69) is 14.7 Å². The van der Waals surface area contributed by atoms with Gasteiger partial charge in [-0.05, 0) is 0 Å². The standard InChI is InChI=1S/C9H12FN3O2/c1-13(5-9(14)15-2)8-3-7(4-10)11-6-12-8/h3,6H,4-5H2,1-2H3. The summed E-state index contributed by atoms with van der Waals surface area (Å²) < 4.78 is 16.8. The number of rotatable bonds is 4. The molecule has 1 aromatic rings. The molecule has 1 aromatic heterocycles. The molecule has 82 valence electrons. The Morgan fingerprint density at radius 2 is 2.33 bits per heavy atom. The highest BCUT2D eigenvalue weighted by Crippen LogP contribution is 2.09. The fourth-order valence-electron chi connectivity index (χ4n) is 1.01. The Balaban J connectivity index is 2.72. The van der Waals surface area contributed by atoms with Crippen molar-refractivity contribution in [1.29, 1.82) is 0 Å². The van der Waals surface area contributed by atoms with E-state index in [-0.39, 0.29) is 18.2 Å². The minimum Gasteiger partial charge on any atom is -0.468 e. The maximum absolute atomic E-state index is 12.3. The largest absolute Gasteiger partial charge is 0.468 e. The van der Waals surface area contributed by atoms with Gasteiger partial charge in [0.15, 0.2) is 0 Å². The van der Waals surface area contributed by atoms with Crippen LogP contribution in [0.25, 0.3) is 0 Å². The van der Waals surface area contributed by atoms with E-state index in [4.69, 9.17) is 0 Å². The highest BCUT2D eigenvalue weighted by atomic mass is 19.1. The van der Waals surface area contributed by atoms with Crippen LogP contribution in [0.2, 0.25) is 0 Å². The highest BCUT2D eigenvalue weighted by molar-refractivity contribution is 5.74. The van der Waals surface area contributed by atoms with Gasteiger partial charge < -0.3 is 9.64 Å². The topological polar surface area (TPSA) is 55.3 Å². The van der Waals surface area contributed by atoms with E-state index in [1.807, 2.05) is 0 Å². The third-order valence-electron chi connectivity index (χ3n) is 1.83. The predicted octanol–water partition coefficient (Wildman–Crippen LogP) is 0.555. The average molecular weight is 213 g/mol. The monoisotopic (exact) mass is 213 g/mol. The van der Waals surface area contributed by atoms with Crippen LogP contribution in [0.3, 0.4) is 0 Å². The molecule has 1 heterocycles. The lowest BCUT2D eigenvalue weighted by Gasteiger charge is -2.16. The Labute approximate surface area is 86.9 Å². The lowest BCUT2D eigenvalue weighted by molar-refractivity contribution is -0.138. The Morgan fingerprint density at radius 1 is 1.60 bits per heavy atom. The molecule has 0 aliphatic heterocycles. The molecular weight excluding hydrogens is 201 g/mol. The number of hydrogen-bond acceptors (Lipinski definition) is 5. The second-order valence-corrected chi connectivity index (χ2v) is 2.93. The Kier molecular flexibility index (Phi) is 3.96. The van der Waals surface area contributed by atoms with E-state index in [9.17, 15) is 9.18 Å². The van der Waals surface area contributed by atoms with Crippen molar-refractivity contribution in [3.8, 4) is 0 Å². The van der Waals surface area contributed by atoms with E-state index in [1.54, 1.807) is 11.9 Å². The fraction of sp³-hybridized carbons (Fsp3) is 0.444. The lowest BCUT2D eigenvalue weighted by Crippen LogP contribution is -2.27. The molecule has 0 fully saturated rings. The molecule has 0 aromatic carbocycles. The van der Waals surface area contributed by atoms with Gasteiger partial charge in [0.2, 0.25) is 0 Å². The van der Waals surface area contributed by atoms with Gasteiger partial charge in [-0.1, -0.05) is 0 Å². The van der Waals surface area contributed by atoms with E-state index >= 15 is 0 Å². The summed E-state index contributed by atoms with van der Waals surface area (Å²) in [6.07, 6.45) is 1.26. The number of alkyl halides is 1. The van der Waals surface area contributed by atoms with Crippen LogP contribution in [0.15, 0.2) is 12.4 Å². The number of anilines is 1. The minimum absolute atomic E-state index is 0.0687. The smallest absolute Gasteiger partial charge is 0.325 e. The molecule has 1 rings (SSSR count). The van der Waals surface area contributed by atoms with Crippen LogP contribution < -0.4 is 4.90 Å². The molecule has 15 heavy (non-hydrogen) atoms. The molecule has 6 heteroatoms. The summed E-state index contributed by atoms with van der Waals surface area (Å²) in [5.41, 5.74) is 0.289. The lowest BCUT2D eigenvalue weighted by atomic mass is 10.4. The van der Waals surface area contributed by atoms with Crippen LogP contribution in [-0.2, 0) is 16.2 Å². The van der Waals surface area contributed by atoms with Crippen molar-refractivity contribution in [3.63, 3.8) is 0 Å². The van der Waals surface area contributed by atoms with Gasteiger partial charge >= 0.3 is 5.97 Å². The van der Waals surface area contributed by atoms with Crippen molar-refractivity contribution >= 4 is 11.8 Å². The SMILES string of the molecule is COC(=O)CN(C)c1cc(CF)ncn1. The molecule has 0 unspecified atom stereocenters.